The maximum atomic E-state index is 13.2. The molecule has 1 aromatic carbocycles. The number of aliphatic hydroxyl groups is 1. The molecule has 0 saturated heterocycles. The van der Waals surface area contributed by atoms with Gasteiger partial charge in [0.1, 0.15) is 5.82 Å². The molecule has 0 aliphatic heterocycles. The monoisotopic (exact) mass is 214 g/mol. The molecular weight excluding hydrogens is 203 g/mol. The highest BCUT2D eigenvalue weighted by molar-refractivity contribution is 6.31. The van der Waals surface area contributed by atoms with Gasteiger partial charge in [0.25, 0.3) is 0 Å². The summed E-state index contributed by atoms with van der Waals surface area (Å²) in [5.41, 5.74) is 0.687. The molecule has 0 radical (unpaired) electrons. The molecular formula is C11H12ClFO. The van der Waals surface area contributed by atoms with Crippen LogP contribution in [0.2, 0.25) is 5.02 Å². The van der Waals surface area contributed by atoms with E-state index in [1.165, 1.54) is 6.07 Å². The van der Waals surface area contributed by atoms with Gasteiger partial charge in [0.15, 0.2) is 0 Å². The number of aliphatic hydroxyl groups excluding tert-OH is 1. The van der Waals surface area contributed by atoms with Crippen LogP contribution in [0.1, 0.15) is 18.9 Å². The van der Waals surface area contributed by atoms with Crippen LogP contribution in [0.25, 0.3) is 0 Å². The number of rotatable bonds is 2. The Kier molecular flexibility index (Phi) is 2.28. The van der Waals surface area contributed by atoms with Gasteiger partial charge in [0.2, 0.25) is 0 Å². The first-order valence-corrected chi connectivity index (χ1v) is 5.02. The van der Waals surface area contributed by atoms with Gasteiger partial charge in [-0.3, -0.25) is 0 Å². The van der Waals surface area contributed by atoms with E-state index < -0.39 is 0 Å². The zero-order valence-corrected chi connectivity index (χ0v) is 8.68. The summed E-state index contributed by atoms with van der Waals surface area (Å²) in [4.78, 5) is 0. The summed E-state index contributed by atoms with van der Waals surface area (Å²) in [7, 11) is 0. The summed E-state index contributed by atoms with van der Waals surface area (Å²) in [6.07, 6.45) is 0.882. The van der Waals surface area contributed by atoms with Crippen LogP contribution >= 0.6 is 11.6 Å². The van der Waals surface area contributed by atoms with Crippen LogP contribution in [-0.2, 0) is 5.41 Å². The molecule has 2 atom stereocenters. The minimum Gasteiger partial charge on any atom is -0.396 e. The second-order valence-corrected chi connectivity index (χ2v) is 4.48. The summed E-state index contributed by atoms with van der Waals surface area (Å²) in [5, 5.41) is 9.23. The fourth-order valence-electron chi connectivity index (χ4n) is 1.99. The van der Waals surface area contributed by atoms with Crippen molar-refractivity contribution in [2.24, 2.45) is 5.92 Å². The van der Waals surface area contributed by atoms with Crippen LogP contribution in [0.3, 0.4) is 0 Å². The Balaban J connectivity index is 2.39. The third kappa shape index (κ3) is 1.33. The average Bonchev–Trinajstić information content (AvgIpc) is 2.83. The van der Waals surface area contributed by atoms with Crippen molar-refractivity contribution >= 4 is 11.6 Å². The maximum absolute atomic E-state index is 13.2. The van der Waals surface area contributed by atoms with Crippen molar-refractivity contribution in [1.29, 1.82) is 0 Å². The van der Waals surface area contributed by atoms with E-state index in [1.54, 1.807) is 6.07 Å². The molecule has 1 aliphatic carbocycles. The predicted octanol–water partition coefficient (Wildman–Crippen LogP) is 2.75. The van der Waals surface area contributed by atoms with Crippen molar-refractivity contribution in [3.63, 3.8) is 0 Å². The Morgan fingerprint density at radius 3 is 2.93 bits per heavy atom. The highest BCUT2D eigenvalue weighted by atomic mass is 35.5. The zero-order chi connectivity index (χ0) is 10.3. The molecule has 1 saturated carbocycles. The summed E-state index contributed by atoms with van der Waals surface area (Å²) < 4.78 is 13.2. The Hall–Kier alpha value is -0.600. The van der Waals surface area contributed by atoms with Crippen LogP contribution in [-0.4, -0.2) is 11.7 Å². The van der Waals surface area contributed by atoms with Gasteiger partial charge in [-0.1, -0.05) is 30.7 Å². The topological polar surface area (TPSA) is 20.2 Å². The molecule has 0 bridgehead atoms. The van der Waals surface area contributed by atoms with E-state index >= 15 is 0 Å². The molecule has 1 unspecified atom stereocenters. The van der Waals surface area contributed by atoms with E-state index in [1.807, 2.05) is 13.0 Å². The van der Waals surface area contributed by atoms with E-state index in [-0.39, 0.29) is 28.8 Å². The van der Waals surface area contributed by atoms with Crippen LogP contribution in [0.5, 0.6) is 0 Å². The Morgan fingerprint density at radius 2 is 2.36 bits per heavy atom. The van der Waals surface area contributed by atoms with Crippen molar-refractivity contribution in [2.75, 3.05) is 6.61 Å². The standard InChI is InChI=1S/C11H12ClFO/c1-11(5-7(11)6-14)8-3-2-4-9(13)10(8)12/h2-4,7,14H,5-6H2,1H3/t7?,11-/m1/s1. The second-order valence-electron chi connectivity index (χ2n) is 4.10. The molecule has 76 valence electrons. The number of halogens is 2. The van der Waals surface area contributed by atoms with Gasteiger partial charge < -0.3 is 5.11 Å². The van der Waals surface area contributed by atoms with Gasteiger partial charge in [0, 0.05) is 6.61 Å². The summed E-state index contributed by atoms with van der Waals surface area (Å²) in [6.45, 7) is 2.15. The second kappa shape index (κ2) is 3.21. The highest BCUT2D eigenvalue weighted by Crippen LogP contribution is 2.55. The summed E-state index contributed by atoms with van der Waals surface area (Å²) in [5.74, 6) is -0.157. The van der Waals surface area contributed by atoms with Gasteiger partial charge >= 0.3 is 0 Å². The molecule has 0 spiro atoms. The van der Waals surface area contributed by atoms with E-state index in [2.05, 4.69) is 0 Å². The number of hydrogen-bond donors (Lipinski definition) is 1. The predicted molar refractivity (Wildman–Crippen MR) is 54.0 cm³/mol. The first-order chi connectivity index (χ1) is 6.59. The van der Waals surface area contributed by atoms with Gasteiger partial charge in [-0.25, -0.2) is 4.39 Å². The van der Waals surface area contributed by atoms with Gasteiger partial charge in [-0.2, -0.15) is 0 Å². The van der Waals surface area contributed by atoms with Gasteiger partial charge in [-0.15, -0.1) is 0 Å². The molecule has 3 heteroatoms. The first kappa shape index (κ1) is 9.94. The molecule has 2 rings (SSSR count). The molecule has 14 heavy (non-hydrogen) atoms. The lowest BCUT2D eigenvalue weighted by atomic mass is 9.95. The van der Waals surface area contributed by atoms with Crippen molar-refractivity contribution in [3.8, 4) is 0 Å². The van der Waals surface area contributed by atoms with Crippen LogP contribution < -0.4 is 0 Å². The summed E-state index contributed by atoms with van der Waals surface area (Å²) in [6, 6.07) is 4.85. The highest BCUT2D eigenvalue weighted by Gasteiger charge is 2.51. The van der Waals surface area contributed by atoms with Crippen LogP contribution in [0, 0.1) is 11.7 Å². The fourth-order valence-corrected chi connectivity index (χ4v) is 2.34. The number of benzene rings is 1. The Labute approximate surface area is 87.5 Å². The Morgan fingerprint density at radius 1 is 1.64 bits per heavy atom. The number of hydrogen-bond acceptors (Lipinski definition) is 1. The lowest BCUT2D eigenvalue weighted by molar-refractivity contribution is 0.265. The minimum absolute atomic E-state index is 0.131. The SMILES string of the molecule is C[C@@]1(c2cccc(F)c2Cl)CC1CO. The first-order valence-electron chi connectivity index (χ1n) is 4.65. The van der Waals surface area contributed by atoms with Crippen molar-refractivity contribution < 1.29 is 9.50 Å². The molecule has 0 amide bonds. The van der Waals surface area contributed by atoms with Crippen LogP contribution in [0.15, 0.2) is 18.2 Å². The van der Waals surface area contributed by atoms with Crippen molar-refractivity contribution in [1.82, 2.24) is 0 Å². The van der Waals surface area contributed by atoms with Crippen LogP contribution in [0.4, 0.5) is 4.39 Å². The van der Waals surface area contributed by atoms with E-state index in [0.717, 1.165) is 12.0 Å². The van der Waals surface area contributed by atoms with E-state index in [0.29, 0.717) is 0 Å². The molecule has 0 aromatic heterocycles. The van der Waals surface area contributed by atoms with Gasteiger partial charge in [-0.05, 0) is 29.4 Å². The minimum atomic E-state index is -0.381. The fraction of sp³-hybridized carbons (Fsp3) is 0.455. The van der Waals surface area contributed by atoms with Crippen molar-refractivity contribution in [3.05, 3.63) is 34.6 Å². The molecule has 0 heterocycles. The molecule has 1 N–H and O–H groups in total. The smallest absolute Gasteiger partial charge is 0.142 e. The normalized spacial score (nSPS) is 30.4. The molecule has 1 fully saturated rings. The van der Waals surface area contributed by atoms with E-state index in [4.69, 9.17) is 16.7 Å². The molecule has 1 aliphatic rings. The largest absolute Gasteiger partial charge is 0.396 e. The quantitative estimate of drug-likeness (QED) is 0.803. The van der Waals surface area contributed by atoms with Crippen molar-refractivity contribution in [2.45, 2.75) is 18.8 Å². The maximum Gasteiger partial charge on any atom is 0.142 e. The molecule has 1 aromatic rings. The van der Waals surface area contributed by atoms with Gasteiger partial charge in [0.05, 0.1) is 5.02 Å². The third-order valence-corrected chi connectivity index (χ3v) is 3.58. The lowest BCUT2D eigenvalue weighted by Crippen LogP contribution is -2.08. The molecule has 1 nitrogen and oxygen atoms in total. The Bertz CT molecular complexity index is 366. The van der Waals surface area contributed by atoms with E-state index in [9.17, 15) is 4.39 Å². The third-order valence-electron chi connectivity index (χ3n) is 3.20. The average molecular weight is 215 g/mol. The lowest BCUT2D eigenvalue weighted by Gasteiger charge is -2.13. The zero-order valence-electron chi connectivity index (χ0n) is 7.93. The summed E-state index contributed by atoms with van der Waals surface area (Å²) >= 11 is 5.88.